The summed E-state index contributed by atoms with van der Waals surface area (Å²) in [6.45, 7) is 5.34. The molecule has 0 saturated carbocycles. The van der Waals surface area contributed by atoms with Crippen LogP contribution in [0, 0.1) is 5.92 Å². The van der Waals surface area contributed by atoms with Crippen LogP contribution < -0.4 is 5.32 Å². The van der Waals surface area contributed by atoms with Gasteiger partial charge in [0.05, 0.1) is 0 Å². The number of hydrogen-bond acceptors (Lipinski definition) is 2. The predicted molar refractivity (Wildman–Crippen MR) is 43.1 cm³/mol. The van der Waals surface area contributed by atoms with Gasteiger partial charge in [-0.1, -0.05) is 12.2 Å². The number of carbonyl (C=O) groups is 2. The Labute approximate surface area is 66.5 Å². The molecular formula is C8H13NO2. The lowest BCUT2D eigenvalue weighted by Gasteiger charge is -2.07. The molecule has 0 spiro atoms. The summed E-state index contributed by atoms with van der Waals surface area (Å²) >= 11 is 0. The molecule has 3 heteroatoms. The number of nitrogens with one attached hydrogen (secondary N) is 1. The zero-order chi connectivity index (χ0) is 8.85. The fourth-order valence-electron chi connectivity index (χ4n) is 0.640. The molecule has 0 fully saturated rings. The number of aldehydes is 1. The van der Waals surface area contributed by atoms with Gasteiger partial charge in [-0.3, -0.25) is 4.79 Å². The maximum Gasteiger partial charge on any atom is 0.220 e. The second-order valence-corrected chi connectivity index (χ2v) is 2.47. The molecule has 1 unspecified atom stereocenters. The summed E-state index contributed by atoms with van der Waals surface area (Å²) in [5, 5.41) is 2.45. The van der Waals surface area contributed by atoms with Crippen molar-refractivity contribution in [1.29, 1.82) is 0 Å². The first-order valence-electron chi connectivity index (χ1n) is 3.43. The Morgan fingerprint density at radius 3 is 2.55 bits per heavy atom. The Morgan fingerprint density at radius 1 is 1.73 bits per heavy atom. The van der Waals surface area contributed by atoms with Crippen molar-refractivity contribution in [2.45, 2.75) is 13.3 Å². The van der Waals surface area contributed by atoms with E-state index in [4.69, 9.17) is 0 Å². The third kappa shape index (κ3) is 3.55. The van der Waals surface area contributed by atoms with Crippen molar-refractivity contribution in [2.24, 2.45) is 5.92 Å². The van der Waals surface area contributed by atoms with Crippen LogP contribution in [0.15, 0.2) is 12.2 Å². The van der Waals surface area contributed by atoms with E-state index in [0.29, 0.717) is 0 Å². The van der Waals surface area contributed by atoms with Gasteiger partial charge in [0, 0.05) is 19.4 Å². The highest BCUT2D eigenvalue weighted by molar-refractivity contribution is 5.79. The average molecular weight is 155 g/mol. The first-order chi connectivity index (χ1) is 5.11. The predicted octanol–water partition coefficient (Wildman–Crippen LogP) is 0.514. The molecule has 0 rings (SSSR count). The minimum atomic E-state index is -0.338. The summed E-state index contributed by atoms with van der Waals surface area (Å²) in [6.07, 6.45) is 0.951. The SMILES string of the molecule is C=C(C)C(C=O)CC(=O)NC. The molecule has 11 heavy (non-hydrogen) atoms. The minimum absolute atomic E-state index is 0.134. The second-order valence-electron chi connectivity index (χ2n) is 2.47. The van der Waals surface area contributed by atoms with Gasteiger partial charge < -0.3 is 10.1 Å². The summed E-state index contributed by atoms with van der Waals surface area (Å²) in [7, 11) is 1.54. The van der Waals surface area contributed by atoms with E-state index in [2.05, 4.69) is 11.9 Å². The quantitative estimate of drug-likeness (QED) is 0.475. The molecule has 0 saturated heterocycles. The van der Waals surface area contributed by atoms with Crippen molar-refractivity contribution >= 4 is 12.2 Å². The van der Waals surface area contributed by atoms with Gasteiger partial charge in [0.1, 0.15) is 6.29 Å². The molecular weight excluding hydrogens is 142 g/mol. The van der Waals surface area contributed by atoms with Crippen LogP contribution >= 0.6 is 0 Å². The normalized spacial score (nSPS) is 11.8. The van der Waals surface area contributed by atoms with E-state index < -0.39 is 0 Å². The number of carbonyl (C=O) groups excluding carboxylic acids is 2. The van der Waals surface area contributed by atoms with Crippen LogP contribution in [0.1, 0.15) is 13.3 Å². The third-order valence-corrected chi connectivity index (χ3v) is 1.48. The zero-order valence-corrected chi connectivity index (χ0v) is 6.89. The average Bonchev–Trinajstić information content (AvgIpc) is 1.99. The molecule has 0 aromatic carbocycles. The van der Waals surface area contributed by atoms with Gasteiger partial charge in [0.2, 0.25) is 5.91 Å². The van der Waals surface area contributed by atoms with E-state index in [1.165, 1.54) is 0 Å². The number of hydrogen-bond donors (Lipinski definition) is 1. The minimum Gasteiger partial charge on any atom is -0.359 e. The topological polar surface area (TPSA) is 46.2 Å². The van der Waals surface area contributed by atoms with Crippen molar-refractivity contribution in [3.63, 3.8) is 0 Å². The number of amides is 1. The van der Waals surface area contributed by atoms with E-state index in [1.54, 1.807) is 14.0 Å². The fourth-order valence-corrected chi connectivity index (χ4v) is 0.640. The van der Waals surface area contributed by atoms with Crippen molar-refractivity contribution in [1.82, 2.24) is 5.32 Å². The van der Waals surface area contributed by atoms with Crippen molar-refractivity contribution in [3.8, 4) is 0 Å². The van der Waals surface area contributed by atoms with Crippen molar-refractivity contribution < 1.29 is 9.59 Å². The Kier molecular flexibility index (Phi) is 4.18. The van der Waals surface area contributed by atoms with Gasteiger partial charge in [0.15, 0.2) is 0 Å². The lowest BCUT2D eigenvalue weighted by molar-refractivity contribution is -0.123. The van der Waals surface area contributed by atoms with Gasteiger partial charge >= 0.3 is 0 Å². The molecule has 0 bridgehead atoms. The lowest BCUT2D eigenvalue weighted by atomic mass is 10.00. The van der Waals surface area contributed by atoms with Gasteiger partial charge in [0.25, 0.3) is 0 Å². The lowest BCUT2D eigenvalue weighted by Crippen LogP contribution is -2.22. The first kappa shape index (κ1) is 9.88. The molecule has 62 valence electrons. The van der Waals surface area contributed by atoms with Gasteiger partial charge in [-0.2, -0.15) is 0 Å². The van der Waals surface area contributed by atoms with Crippen LogP contribution in [0.3, 0.4) is 0 Å². The Hall–Kier alpha value is -1.12. The second kappa shape index (κ2) is 4.66. The largest absolute Gasteiger partial charge is 0.359 e. The van der Waals surface area contributed by atoms with Crippen LogP contribution in [0.2, 0.25) is 0 Å². The molecule has 0 heterocycles. The third-order valence-electron chi connectivity index (χ3n) is 1.48. The monoisotopic (exact) mass is 155 g/mol. The van der Waals surface area contributed by atoms with Crippen molar-refractivity contribution in [3.05, 3.63) is 12.2 Å². The fraction of sp³-hybridized carbons (Fsp3) is 0.500. The van der Waals surface area contributed by atoms with E-state index >= 15 is 0 Å². The maximum atomic E-state index is 10.8. The van der Waals surface area contributed by atoms with Crippen LogP contribution in [-0.4, -0.2) is 19.2 Å². The smallest absolute Gasteiger partial charge is 0.220 e. The van der Waals surface area contributed by atoms with Gasteiger partial charge in [-0.05, 0) is 6.92 Å². The van der Waals surface area contributed by atoms with Gasteiger partial charge in [-0.25, -0.2) is 0 Å². The maximum absolute atomic E-state index is 10.8. The molecule has 1 amide bonds. The first-order valence-corrected chi connectivity index (χ1v) is 3.43. The van der Waals surface area contributed by atoms with Crippen molar-refractivity contribution in [2.75, 3.05) is 7.05 Å². The highest BCUT2D eigenvalue weighted by atomic mass is 16.1. The molecule has 3 nitrogen and oxygen atoms in total. The highest BCUT2D eigenvalue weighted by Gasteiger charge is 2.11. The molecule has 1 atom stereocenters. The molecule has 0 aromatic rings. The van der Waals surface area contributed by atoms with Crippen LogP contribution in [0.5, 0.6) is 0 Å². The Bertz CT molecular complexity index is 175. The summed E-state index contributed by atoms with van der Waals surface area (Å²) in [5.74, 6) is -0.472. The molecule has 0 aliphatic carbocycles. The van der Waals surface area contributed by atoms with Crippen LogP contribution in [0.25, 0.3) is 0 Å². The summed E-state index contributed by atoms with van der Waals surface area (Å²) in [6, 6.07) is 0. The molecule has 0 radical (unpaired) electrons. The zero-order valence-electron chi connectivity index (χ0n) is 6.89. The summed E-state index contributed by atoms with van der Waals surface area (Å²) in [4.78, 5) is 21.1. The summed E-state index contributed by atoms with van der Waals surface area (Å²) < 4.78 is 0. The van der Waals surface area contributed by atoms with E-state index in [1.807, 2.05) is 0 Å². The van der Waals surface area contributed by atoms with E-state index in [-0.39, 0.29) is 18.2 Å². The number of allylic oxidation sites excluding steroid dienone is 1. The highest BCUT2D eigenvalue weighted by Crippen LogP contribution is 2.08. The summed E-state index contributed by atoms with van der Waals surface area (Å²) in [5.41, 5.74) is 0.726. The van der Waals surface area contributed by atoms with Crippen LogP contribution in [0.4, 0.5) is 0 Å². The van der Waals surface area contributed by atoms with Crippen LogP contribution in [-0.2, 0) is 9.59 Å². The van der Waals surface area contributed by atoms with E-state index in [0.717, 1.165) is 11.9 Å². The van der Waals surface area contributed by atoms with Gasteiger partial charge in [-0.15, -0.1) is 0 Å². The molecule has 1 N–H and O–H groups in total. The molecule has 0 aliphatic heterocycles. The Morgan fingerprint density at radius 2 is 2.27 bits per heavy atom. The number of rotatable bonds is 4. The van der Waals surface area contributed by atoms with E-state index in [9.17, 15) is 9.59 Å². The standard InChI is InChI=1S/C8H13NO2/c1-6(2)7(5-10)4-8(11)9-3/h5,7H,1,4H2,2-3H3,(H,9,11). The molecule has 0 aliphatic rings. The Balaban J connectivity index is 3.98. The molecule has 0 aromatic heterocycles.